The minimum Gasteiger partial charge on any atom is -0.393 e. The summed E-state index contributed by atoms with van der Waals surface area (Å²) in [4.78, 5) is 4.39. The number of nitrogens with zero attached hydrogens (tertiary/aromatic N) is 1. The molecule has 7 unspecified atom stereocenters. The maximum Gasteiger partial charge on any atom is 0.0546 e. The van der Waals surface area contributed by atoms with E-state index in [1.54, 1.807) is 5.57 Å². The highest BCUT2D eigenvalue weighted by molar-refractivity contribution is 5.78. The molecule has 0 aromatic carbocycles. The van der Waals surface area contributed by atoms with Crippen LogP contribution in [0.5, 0.6) is 0 Å². The topological polar surface area (TPSA) is 33.1 Å². The van der Waals surface area contributed by atoms with Crippen LogP contribution < -0.4 is 0 Å². The molecule has 0 amide bonds. The summed E-state index contributed by atoms with van der Waals surface area (Å²) in [5, 5.41) is 10.5. The normalized spacial score (nSPS) is 47.5. The van der Waals surface area contributed by atoms with Gasteiger partial charge in [0.2, 0.25) is 0 Å². The summed E-state index contributed by atoms with van der Waals surface area (Å²) in [6.45, 7) is 10.0. The number of aromatic nitrogens is 1. The molecule has 1 aromatic rings. The first-order valence-electron chi connectivity index (χ1n) is 11.3. The molecule has 7 atom stereocenters. The number of fused-ring (bicyclic) bond motifs is 5. The lowest BCUT2D eigenvalue weighted by Crippen LogP contribution is -2.59. The lowest BCUT2D eigenvalue weighted by molar-refractivity contribution is -0.164. The average molecular weight is 378 g/mol. The van der Waals surface area contributed by atoms with Crippen molar-refractivity contribution >= 4 is 5.57 Å². The third-order valence-corrected chi connectivity index (χ3v) is 9.95. The third kappa shape index (κ3) is 2.27. The second-order valence-electron chi connectivity index (χ2n) is 10.9. The maximum absolute atomic E-state index is 10.5. The van der Waals surface area contributed by atoms with Crippen LogP contribution in [0.4, 0.5) is 0 Å². The van der Waals surface area contributed by atoms with Gasteiger partial charge in [0.25, 0.3) is 0 Å². The quantitative estimate of drug-likeness (QED) is 0.648. The Bertz CT molecular complexity index is 841. The van der Waals surface area contributed by atoms with Gasteiger partial charge in [0.05, 0.1) is 6.10 Å². The van der Waals surface area contributed by atoms with Crippen LogP contribution in [0.2, 0.25) is 0 Å². The van der Waals surface area contributed by atoms with Crippen molar-refractivity contribution in [3.8, 4) is 0 Å². The lowest BCUT2D eigenvalue weighted by Gasteiger charge is -2.66. The van der Waals surface area contributed by atoms with Gasteiger partial charge in [-0.25, -0.2) is 0 Å². The van der Waals surface area contributed by atoms with Gasteiger partial charge in [-0.2, -0.15) is 0 Å². The van der Waals surface area contributed by atoms with Crippen LogP contribution >= 0.6 is 0 Å². The van der Waals surface area contributed by atoms with Crippen LogP contribution in [-0.4, -0.2) is 16.2 Å². The first kappa shape index (κ1) is 18.6. The van der Waals surface area contributed by atoms with Crippen molar-refractivity contribution in [1.82, 2.24) is 4.98 Å². The molecular formula is C26H35NO. The Morgan fingerprint density at radius 2 is 1.89 bits per heavy atom. The van der Waals surface area contributed by atoms with E-state index in [0.717, 1.165) is 18.8 Å². The minimum atomic E-state index is -0.101. The van der Waals surface area contributed by atoms with Gasteiger partial charge in [0, 0.05) is 17.8 Å². The Kier molecular flexibility index (Phi) is 4.02. The number of rotatable bonds is 1. The van der Waals surface area contributed by atoms with Crippen LogP contribution in [0.15, 0.2) is 42.3 Å². The van der Waals surface area contributed by atoms with Crippen molar-refractivity contribution in [2.75, 3.05) is 0 Å². The van der Waals surface area contributed by atoms with E-state index in [1.807, 2.05) is 12.4 Å². The van der Waals surface area contributed by atoms with E-state index < -0.39 is 0 Å². The van der Waals surface area contributed by atoms with Crippen molar-refractivity contribution in [1.29, 1.82) is 0 Å². The molecular weight excluding hydrogens is 342 g/mol. The van der Waals surface area contributed by atoms with Gasteiger partial charge in [-0.1, -0.05) is 51.5 Å². The number of aliphatic hydroxyl groups is 1. The van der Waals surface area contributed by atoms with E-state index >= 15 is 0 Å². The highest BCUT2D eigenvalue weighted by Gasteiger charge is 2.62. The Morgan fingerprint density at radius 1 is 1.07 bits per heavy atom. The summed E-state index contributed by atoms with van der Waals surface area (Å²) in [7, 11) is 0. The van der Waals surface area contributed by atoms with Crippen molar-refractivity contribution in [3.05, 3.63) is 47.8 Å². The molecule has 3 saturated carbocycles. The predicted octanol–water partition coefficient (Wildman–Crippen LogP) is 6.03. The molecule has 2 heteroatoms. The molecule has 0 aliphatic heterocycles. The molecule has 0 radical (unpaired) electrons. The van der Waals surface area contributed by atoms with Crippen molar-refractivity contribution < 1.29 is 5.11 Å². The second kappa shape index (κ2) is 6.05. The Hall–Kier alpha value is -1.41. The van der Waals surface area contributed by atoms with Crippen LogP contribution in [0, 0.1) is 34.0 Å². The molecule has 1 aromatic heterocycles. The fourth-order valence-corrected chi connectivity index (χ4v) is 7.95. The fourth-order valence-electron chi connectivity index (χ4n) is 7.95. The van der Waals surface area contributed by atoms with E-state index in [-0.39, 0.29) is 16.9 Å². The SMILES string of the molecule is CC1CC2C3=CC=C(c4cccnc4)C3(C)CCC2C2(C)CCC(O)CC12C. The summed E-state index contributed by atoms with van der Waals surface area (Å²) < 4.78 is 0. The Labute approximate surface area is 170 Å². The van der Waals surface area contributed by atoms with Gasteiger partial charge in [0.15, 0.2) is 0 Å². The zero-order valence-corrected chi connectivity index (χ0v) is 17.9. The highest BCUT2D eigenvalue weighted by atomic mass is 16.3. The predicted molar refractivity (Wildman–Crippen MR) is 114 cm³/mol. The second-order valence-corrected chi connectivity index (χ2v) is 10.9. The summed E-state index contributed by atoms with van der Waals surface area (Å²) in [6.07, 6.45) is 15.6. The summed E-state index contributed by atoms with van der Waals surface area (Å²) in [5.74, 6) is 2.09. The lowest BCUT2D eigenvalue weighted by atomic mass is 9.39. The van der Waals surface area contributed by atoms with Gasteiger partial charge < -0.3 is 5.11 Å². The standard InChI is InChI=1S/C26H35NO/c1-17-14-20-22-8-7-21(18-6-5-13-27-16-18)24(22,2)11-10-23(20)25(3)12-9-19(28)15-26(17,25)4/h5-8,13,16-17,19-20,23,28H,9-12,14-15H2,1-4H3. The molecule has 5 rings (SSSR count). The molecule has 0 bridgehead atoms. The van der Waals surface area contributed by atoms with Gasteiger partial charge >= 0.3 is 0 Å². The summed E-state index contributed by atoms with van der Waals surface area (Å²) >= 11 is 0. The zero-order valence-electron chi connectivity index (χ0n) is 17.9. The Morgan fingerprint density at radius 3 is 2.64 bits per heavy atom. The number of pyridine rings is 1. The minimum absolute atomic E-state index is 0.101. The number of hydrogen-bond acceptors (Lipinski definition) is 2. The average Bonchev–Trinajstić information content (AvgIpc) is 3.03. The van der Waals surface area contributed by atoms with Crippen molar-refractivity contribution in [3.63, 3.8) is 0 Å². The monoisotopic (exact) mass is 377 g/mol. The first-order valence-corrected chi connectivity index (χ1v) is 11.3. The smallest absolute Gasteiger partial charge is 0.0546 e. The van der Waals surface area contributed by atoms with Gasteiger partial charge in [-0.15, -0.1) is 0 Å². The maximum atomic E-state index is 10.5. The molecule has 3 fully saturated rings. The number of hydrogen-bond donors (Lipinski definition) is 1. The van der Waals surface area contributed by atoms with Crippen LogP contribution in [0.1, 0.15) is 71.8 Å². The summed E-state index contributed by atoms with van der Waals surface area (Å²) in [6, 6.07) is 4.28. The van der Waals surface area contributed by atoms with Gasteiger partial charge in [-0.05, 0) is 84.3 Å². The Balaban J connectivity index is 1.51. The van der Waals surface area contributed by atoms with E-state index in [9.17, 15) is 5.11 Å². The molecule has 4 aliphatic rings. The fraction of sp³-hybridized carbons (Fsp3) is 0.654. The summed E-state index contributed by atoms with van der Waals surface area (Å²) in [5.41, 5.74) is 5.22. The van der Waals surface area contributed by atoms with Gasteiger partial charge in [0.1, 0.15) is 0 Å². The first-order chi connectivity index (χ1) is 13.3. The molecule has 1 heterocycles. The largest absolute Gasteiger partial charge is 0.393 e. The van der Waals surface area contributed by atoms with E-state index in [1.165, 1.54) is 36.8 Å². The van der Waals surface area contributed by atoms with E-state index in [2.05, 4.69) is 57.0 Å². The molecule has 2 nitrogen and oxygen atoms in total. The van der Waals surface area contributed by atoms with E-state index in [4.69, 9.17) is 0 Å². The van der Waals surface area contributed by atoms with Crippen LogP contribution in [0.3, 0.4) is 0 Å². The highest BCUT2D eigenvalue weighted by Crippen LogP contribution is 2.71. The van der Waals surface area contributed by atoms with Crippen LogP contribution in [-0.2, 0) is 0 Å². The molecule has 1 N–H and O–H groups in total. The zero-order chi connectivity index (χ0) is 19.7. The third-order valence-electron chi connectivity index (χ3n) is 9.95. The van der Waals surface area contributed by atoms with Crippen molar-refractivity contribution in [2.45, 2.75) is 72.3 Å². The number of allylic oxidation sites excluding steroid dienone is 4. The van der Waals surface area contributed by atoms with E-state index in [0.29, 0.717) is 17.3 Å². The molecule has 4 aliphatic carbocycles. The number of aliphatic hydroxyl groups excluding tert-OH is 1. The van der Waals surface area contributed by atoms with Crippen LogP contribution in [0.25, 0.3) is 5.57 Å². The molecule has 28 heavy (non-hydrogen) atoms. The molecule has 0 saturated heterocycles. The molecule has 150 valence electrons. The van der Waals surface area contributed by atoms with Gasteiger partial charge in [-0.3, -0.25) is 4.98 Å². The molecule has 0 spiro atoms. The van der Waals surface area contributed by atoms with Crippen molar-refractivity contribution in [2.24, 2.45) is 34.0 Å².